The van der Waals surface area contributed by atoms with Gasteiger partial charge in [0.25, 0.3) is 0 Å². The van der Waals surface area contributed by atoms with Gasteiger partial charge in [0.15, 0.2) is 0 Å². The number of anilines is 1. The molecule has 2 aromatic carbocycles. The van der Waals surface area contributed by atoms with Crippen molar-refractivity contribution in [2.24, 2.45) is 0 Å². The van der Waals surface area contributed by atoms with Gasteiger partial charge < -0.3 is 15.4 Å². The molecule has 2 rings (SSSR count). The van der Waals surface area contributed by atoms with Crippen LogP contribution in [0.2, 0.25) is 6.82 Å². The average molecular weight is 231 g/mol. The molecule has 90 valence electrons. The molecule has 0 bridgehead atoms. The fourth-order valence-corrected chi connectivity index (χ4v) is 1.61. The van der Waals surface area contributed by atoms with Gasteiger partial charge in [0.2, 0.25) is 0 Å². The number of phenolic OH excluding ortho intramolecular Hbond substituents is 1. The van der Waals surface area contributed by atoms with Crippen LogP contribution in [0.4, 0.5) is 5.69 Å². The largest absolute Gasteiger partial charge is 0.508 e. The van der Waals surface area contributed by atoms with Crippen LogP contribution in [0.25, 0.3) is 10.8 Å². The van der Waals surface area contributed by atoms with Gasteiger partial charge in [-0.3, -0.25) is 0 Å². The fraction of sp³-hybridized carbons (Fsp3) is 0.231. The smallest absolute Gasteiger partial charge is 0.406 e. The summed E-state index contributed by atoms with van der Waals surface area (Å²) in [5.74, 6) is 0.224. The lowest BCUT2D eigenvalue weighted by Gasteiger charge is -2.09. The molecule has 0 saturated heterocycles. The number of benzene rings is 2. The van der Waals surface area contributed by atoms with Gasteiger partial charge in [0, 0.05) is 11.1 Å². The first-order valence-electron chi connectivity index (χ1n) is 5.83. The normalized spacial score (nSPS) is 9.41. The average Bonchev–Trinajstić information content (AvgIpc) is 2.32. The summed E-state index contributed by atoms with van der Waals surface area (Å²) in [5, 5.41) is 23.5. The molecular weight excluding hydrogens is 213 g/mol. The Morgan fingerprint density at radius 1 is 1.12 bits per heavy atom. The van der Waals surface area contributed by atoms with E-state index in [1.54, 1.807) is 19.0 Å². The van der Waals surface area contributed by atoms with Crippen molar-refractivity contribution in [2.45, 2.75) is 20.7 Å². The molecule has 0 heterocycles. The molecule has 0 aliphatic carbocycles. The molecular formula is C13H18BNO2. The Morgan fingerprint density at radius 2 is 1.82 bits per heavy atom. The number of phenols is 1. The zero-order valence-electron chi connectivity index (χ0n) is 10.4. The fourth-order valence-electron chi connectivity index (χ4n) is 1.61. The molecule has 0 fully saturated rings. The predicted molar refractivity (Wildman–Crippen MR) is 74.4 cm³/mol. The molecule has 0 atom stereocenters. The molecule has 0 spiro atoms. The first-order valence-corrected chi connectivity index (χ1v) is 5.83. The second kappa shape index (κ2) is 6.16. The van der Waals surface area contributed by atoms with E-state index >= 15 is 0 Å². The van der Waals surface area contributed by atoms with Crippen LogP contribution in [-0.2, 0) is 0 Å². The van der Waals surface area contributed by atoms with E-state index in [0.717, 1.165) is 16.5 Å². The van der Waals surface area contributed by atoms with Gasteiger partial charge in [-0.1, -0.05) is 32.0 Å². The van der Waals surface area contributed by atoms with Crippen LogP contribution in [0.15, 0.2) is 36.4 Å². The molecule has 0 unspecified atom stereocenters. The van der Waals surface area contributed by atoms with E-state index in [-0.39, 0.29) is 5.75 Å². The highest BCUT2D eigenvalue weighted by Crippen LogP contribution is 2.26. The Kier molecular flexibility index (Phi) is 4.85. The van der Waals surface area contributed by atoms with Crippen LogP contribution >= 0.6 is 0 Å². The number of nitrogens with one attached hydrogen (secondary N) is 1. The maximum Gasteiger partial charge on any atom is 0.406 e. The molecule has 2 aromatic rings. The van der Waals surface area contributed by atoms with Crippen LogP contribution < -0.4 is 5.23 Å². The molecule has 0 aliphatic heterocycles. The molecule has 3 N–H and O–H groups in total. The van der Waals surface area contributed by atoms with Crippen molar-refractivity contribution in [1.29, 1.82) is 0 Å². The summed E-state index contributed by atoms with van der Waals surface area (Å²) in [6.45, 7) is 5.65. The number of hydrogen-bond acceptors (Lipinski definition) is 3. The zero-order valence-corrected chi connectivity index (χ0v) is 10.4. The summed E-state index contributed by atoms with van der Waals surface area (Å²) >= 11 is 0. The summed E-state index contributed by atoms with van der Waals surface area (Å²) < 4.78 is 0. The van der Waals surface area contributed by atoms with Crippen molar-refractivity contribution >= 4 is 23.5 Å². The van der Waals surface area contributed by atoms with Crippen molar-refractivity contribution in [3.8, 4) is 5.75 Å². The lowest BCUT2D eigenvalue weighted by Crippen LogP contribution is -2.19. The number of rotatable bonds is 2. The van der Waals surface area contributed by atoms with E-state index in [1.807, 2.05) is 38.1 Å². The highest BCUT2D eigenvalue weighted by Gasteiger charge is 2.06. The van der Waals surface area contributed by atoms with Crippen LogP contribution in [0.1, 0.15) is 13.8 Å². The third kappa shape index (κ3) is 3.39. The number of aromatic hydroxyl groups is 1. The summed E-state index contributed by atoms with van der Waals surface area (Å²) in [4.78, 5) is 0. The highest BCUT2D eigenvalue weighted by molar-refractivity contribution is 6.53. The van der Waals surface area contributed by atoms with E-state index in [9.17, 15) is 10.1 Å². The topological polar surface area (TPSA) is 52.5 Å². The first kappa shape index (κ1) is 13.4. The van der Waals surface area contributed by atoms with E-state index in [0.29, 0.717) is 0 Å². The van der Waals surface area contributed by atoms with Crippen molar-refractivity contribution in [2.75, 3.05) is 5.23 Å². The third-order valence-electron chi connectivity index (χ3n) is 2.23. The van der Waals surface area contributed by atoms with Gasteiger partial charge in [-0.2, -0.15) is 0 Å². The Bertz CT molecular complexity index is 486. The minimum Gasteiger partial charge on any atom is -0.508 e. The van der Waals surface area contributed by atoms with Gasteiger partial charge >= 0.3 is 7.05 Å². The molecule has 17 heavy (non-hydrogen) atoms. The Hall–Kier alpha value is -1.68. The van der Waals surface area contributed by atoms with Crippen LogP contribution in [0.5, 0.6) is 5.75 Å². The predicted octanol–water partition coefficient (Wildman–Crippen LogP) is 3.09. The third-order valence-corrected chi connectivity index (χ3v) is 2.23. The quantitative estimate of drug-likeness (QED) is 0.696. The van der Waals surface area contributed by atoms with E-state index < -0.39 is 7.05 Å². The summed E-state index contributed by atoms with van der Waals surface area (Å²) in [6.07, 6.45) is 0. The van der Waals surface area contributed by atoms with Gasteiger partial charge in [0.05, 0.1) is 0 Å². The van der Waals surface area contributed by atoms with Crippen LogP contribution in [0, 0.1) is 0 Å². The number of hydrogen-bond donors (Lipinski definition) is 3. The van der Waals surface area contributed by atoms with Gasteiger partial charge in [-0.25, -0.2) is 0 Å². The molecule has 0 saturated carbocycles. The second-order valence-electron chi connectivity index (χ2n) is 3.53. The second-order valence-corrected chi connectivity index (χ2v) is 3.53. The Balaban J connectivity index is 0.000000686. The van der Waals surface area contributed by atoms with E-state index in [4.69, 9.17) is 0 Å². The summed E-state index contributed by atoms with van der Waals surface area (Å²) in [7, 11) is -0.613. The lowest BCUT2D eigenvalue weighted by atomic mass is 9.88. The maximum atomic E-state index is 9.40. The summed E-state index contributed by atoms with van der Waals surface area (Å²) in [6, 6.07) is 10.9. The monoisotopic (exact) mass is 231 g/mol. The zero-order chi connectivity index (χ0) is 12.8. The van der Waals surface area contributed by atoms with Gasteiger partial charge in [-0.15, -0.1) is 0 Å². The molecule has 4 heteroatoms. The molecule has 0 amide bonds. The van der Waals surface area contributed by atoms with Crippen molar-refractivity contribution in [1.82, 2.24) is 0 Å². The molecule has 0 radical (unpaired) electrons. The van der Waals surface area contributed by atoms with E-state index in [1.165, 1.54) is 0 Å². The molecule has 3 nitrogen and oxygen atoms in total. The maximum absolute atomic E-state index is 9.40. The SMILES string of the molecule is CB(O)Nc1cccc2ccc(O)cc12.CC. The lowest BCUT2D eigenvalue weighted by molar-refractivity contribution is 0.476. The molecule has 0 aliphatic rings. The van der Waals surface area contributed by atoms with Crippen molar-refractivity contribution in [3.05, 3.63) is 36.4 Å². The van der Waals surface area contributed by atoms with Gasteiger partial charge in [0.1, 0.15) is 5.75 Å². The van der Waals surface area contributed by atoms with Crippen LogP contribution in [0.3, 0.4) is 0 Å². The minimum atomic E-state index is -0.613. The van der Waals surface area contributed by atoms with E-state index in [2.05, 4.69) is 5.23 Å². The van der Waals surface area contributed by atoms with Crippen molar-refractivity contribution in [3.63, 3.8) is 0 Å². The number of fused-ring (bicyclic) bond motifs is 1. The standard InChI is InChI=1S/C11H12BNO2.C2H6/c1-12(15)13-11-4-2-3-8-5-6-9(14)7-10(8)11;1-2/h2-7,13-15H,1H3;1-2H3. The first-order chi connectivity index (χ1) is 8.16. The highest BCUT2D eigenvalue weighted by atomic mass is 16.3. The van der Waals surface area contributed by atoms with Crippen molar-refractivity contribution < 1.29 is 10.1 Å². The minimum absolute atomic E-state index is 0.224. The Morgan fingerprint density at radius 3 is 2.47 bits per heavy atom. The molecule has 0 aromatic heterocycles. The summed E-state index contributed by atoms with van der Waals surface area (Å²) in [5.41, 5.74) is 0.818. The van der Waals surface area contributed by atoms with Gasteiger partial charge in [-0.05, 0) is 30.4 Å². The van der Waals surface area contributed by atoms with Crippen LogP contribution in [-0.4, -0.2) is 17.2 Å². The Labute approximate surface area is 102 Å².